The molecule has 0 atom stereocenters. The van der Waals surface area contributed by atoms with E-state index in [0.29, 0.717) is 23.9 Å². The van der Waals surface area contributed by atoms with Gasteiger partial charge in [-0.2, -0.15) is 13.2 Å². The molecule has 1 aromatic carbocycles. The van der Waals surface area contributed by atoms with Crippen LogP contribution >= 0.6 is 0 Å². The zero-order valence-electron chi connectivity index (χ0n) is 16.2. The zero-order valence-corrected chi connectivity index (χ0v) is 17.0. The fourth-order valence-corrected chi connectivity index (χ4v) is 4.71. The number of piperidine rings is 1. The van der Waals surface area contributed by atoms with Crippen molar-refractivity contribution in [2.24, 2.45) is 5.92 Å². The number of halogens is 3. The largest absolute Gasteiger partial charge is 0.401 e. The van der Waals surface area contributed by atoms with Gasteiger partial charge in [-0.3, -0.25) is 9.80 Å². The lowest BCUT2D eigenvalue weighted by atomic mass is 9.96. The number of sulfone groups is 1. The average molecular weight is 420 g/mol. The van der Waals surface area contributed by atoms with Crippen LogP contribution in [0.2, 0.25) is 0 Å². The molecule has 9 heteroatoms. The first-order chi connectivity index (χ1) is 13.1. The van der Waals surface area contributed by atoms with E-state index in [0.717, 1.165) is 51.3 Å². The second-order valence-corrected chi connectivity index (χ2v) is 9.91. The molecule has 0 aliphatic carbocycles. The molecule has 0 saturated carbocycles. The van der Waals surface area contributed by atoms with Crippen LogP contribution in [0, 0.1) is 5.92 Å². The molecule has 0 N–H and O–H groups in total. The summed E-state index contributed by atoms with van der Waals surface area (Å²) in [5.74, 6) is 0.449. The second-order valence-electron chi connectivity index (χ2n) is 7.89. The van der Waals surface area contributed by atoms with Crippen LogP contribution in [0.15, 0.2) is 29.2 Å². The van der Waals surface area contributed by atoms with Crippen LogP contribution in [0.25, 0.3) is 0 Å². The minimum Gasteiger partial charge on any atom is -0.369 e. The molecule has 0 bridgehead atoms. The Morgan fingerprint density at radius 1 is 1.00 bits per heavy atom. The van der Waals surface area contributed by atoms with Crippen LogP contribution in [-0.2, 0) is 9.84 Å². The van der Waals surface area contributed by atoms with Crippen molar-refractivity contribution >= 4 is 15.5 Å². The van der Waals surface area contributed by atoms with Gasteiger partial charge in [0.25, 0.3) is 0 Å². The normalized spacial score (nSPS) is 21.2. The number of benzene rings is 1. The van der Waals surface area contributed by atoms with Gasteiger partial charge in [0.2, 0.25) is 0 Å². The highest BCUT2D eigenvalue weighted by molar-refractivity contribution is 7.90. The molecule has 1 aromatic rings. The maximum Gasteiger partial charge on any atom is 0.401 e. The van der Waals surface area contributed by atoms with E-state index in [9.17, 15) is 21.6 Å². The minimum absolute atomic E-state index is 0.332. The van der Waals surface area contributed by atoms with Crippen LogP contribution in [0.5, 0.6) is 0 Å². The number of piperazine rings is 1. The van der Waals surface area contributed by atoms with Crippen molar-refractivity contribution < 1.29 is 21.6 Å². The molecule has 2 aliphatic rings. The Bertz CT molecular complexity index is 754. The lowest BCUT2D eigenvalue weighted by molar-refractivity contribution is -0.148. The number of rotatable bonds is 5. The fourth-order valence-electron chi connectivity index (χ4n) is 4.05. The van der Waals surface area contributed by atoms with E-state index in [1.165, 1.54) is 11.2 Å². The summed E-state index contributed by atoms with van der Waals surface area (Å²) in [6, 6.07) is 7.04. The van der Waals surface area contributed by atoms with E-state index in [1.54, 1.807) is 18.2 Å². The summed E-state index contributed by atoms with van der Waals surface area (Å²) in [7, 11) is -3.22. The van der Waals surface area contributed by atoms with E-state index in [4.69, 9.17) is 0 Å². The first kappa shape index (κ1) is 21.4. The van der Waals surface area contributed by atoms with Crippen LogP contribution in [0.1, 0.15) is 12.8 Å². The number of alkyl halides is 3. The summed E-state index contributed by atoms with van der Waals surface area (Å²) in [6.45, 7) is 4.56. The zero-order chi connectivity index (χ0) is 20.4. The first-order valence-corrected chi connectivity index (χ1v) is 11.6. The standard InChI is InChI=1S/C19H28F3N3O2S/c1-28(26,27)18-4-2-3-17(13-18)25-11-9-23(10-12-25)14-16-5-7-24(8-6-16)15-19(20,21)22/h2-4,13,16H,5-12,14-15H2,1H3. The van der Waals surface area contributed by atoms with E-state index in [-0.39, 0.29) is 0 Å². The van der Waals surface area contributed by atoms with Crippen LogP contribution in [0.3, 0.4) is 0 Å². The highest BCUT2D eigenvalue weighted by Gasteiger charge is 2.33. The van der Waals surface area contributed by atoms with Gasteiger partial charge in [0, 0.05) is 44.7 Å². The Morgan fingerprint density at radius 2 is 1.64 bits per heavy atom. The monoisotopic (exact) mass is 419 g/mol. The van der Waals surface area contributed by atoms with Crippen molar-refractivity contribution in [3.05, 3.63) is 24.3 Å². The summed E-state index contributed by atoms with van der Waals surface area (Å²) in [4.78, 5) is 6.40. The smallest absolute Gasteiger partial charge is 0.369 e. The number of anilines is 1. The fraction of sp³-hybridized carbons (Fsp3) is 0.684. The van der Waals surface area contributed by atoms with E-state index in [2.05, 4.69) is 9.80 Å². The molecule has 0 unspecified atom stereocenters. The van der Waals surface area contributed by atoms with Gasteiger partial charge in [-0.25, -0.2) is 8.42 Å². The molecule has 5 nitrogen and oxygen atoms in total. The molecule has 2 heterocycles. The van der Waals surface area contributed by atoms with Crippen LogP contribution in [0.4, 0.5) is 18.9 Å². The number of hydrogen-bond donors (Lipinski definition) is 0. The average Bonchev–Trinajstić information content (AvgIpc) is 2.62. The lowest BCUT2D eigenvalue weighted by Crippen LogP contribution is -2.49. The Labute approximate surface area is 165 Å². The third-order valence-electron chi connectivity index (χ3n) is 5.61. The molecule has 3 rings (SSSR count). The van der Waals surface area contributed by atoms with Gasteiger partial charge in [0.1, 0.15) is 0 Å². The SMILES string of the molecule is CS(=O)(=O)c1cccc(N2CCN(CC3CCN(CC(F)(F)F)CC3)CC2)c1. The third kappa shape index (κ3) is 6.09. The van der Waals surface area contributed by atoms with E-state index >= 15 is 0 Å². The number of likely N-dealkylation sites (tertiary alicyclic amines) is 1. The molecule has 2 aliphatic heterocycles. The molecule has 2 saturated heterocycles. The van der Waals surface area contributed by atoms with Gasteiger partial charge in [0.15, 0.2) is 9.84 Å². The molecule has 0 aromatic heterocycles. The van der Waals surface area contributed by atoms with Crippen molar-refractivity contribution in [1.29, 1.82) is 0 Å². The quantitative estimate of drug-likeness (QED) is 0.734. The number of nitrogens with zero attached hydrogens (tertiary/aromatic N) is 3. The lowest BCUT2D eigenvalue weighted by Gasteiger charge is -2.39. The molecule has 158 valence electrons. The number of hydrogen-bond acceptors (Lipinski definition) is 5. The van der Waals surface area contributed by atoms with E-state index < -0.39 is 22.6 Å². The summed E-state index contributed by atoms with van der Waals surface area (Å²) in [5, 5.41) is 0. The molecule has 0 amide bonds. The highest BCUT2D eigenvalue weighted by atomic mass is 32.2. The summed E-state index contributed by atoms with van der Waals surface area (Å²) >= 11 is 0. The molecular weight excluding hydrogens is 391 g/mol. The first-order valence-electron chi connectivity index (χ1n) is 9.67. The molecule has 0 spiro atoms. The van der Waals surface area contributed by atoms with Gasteiger partial charge >= 0.3 is 6.18 Å². The maximum atomic E-state index is 12.5. The van der Waals surface area contributed by atoms with Crippen LogP contribution < -0.4 is 4.90 Å². The Morgan fingerprint density at radius 3 is 2.21 bits per heavy atom. The Balaban J connectivity index is 1.45. The maximum absolute atomic E-state index is 12.5. The summed E-state index contributed by atoms with van der Waals surface area (Å²) in [6.07, 6.45) is -1.28. The summed E-state index contributed by atoms with van der Waals surface area (Å²) in [5.41, 5.74) is 0.919. The Hall–Kier alpha value is -1.32. The molecule has 2 fully saturated rings. The van der Waals surface area contributed by atoms with E-state index in [1.807, 2.05) is 6.07 Å². The van der Waals surface area contributed by atoms with Gasteiger partial charge < -0.3 is 4.90 Å². The van der Waals surface area contributed by atoms with Crippen molar-refractivity contribution in [2.75, 3.05) is 63.5 Å². The van der Waals surface area contributed by atoms with Crippen LogP contribution in [-0.4, -0.2) is 83.0 Å². The molecule has 0 radical (unpaired) electrons. The van der Waals surface area contributed by atoms with Crippen molar-refractivity contribution in [3.8, 4) is 0 Å². The highest BCUT2D eigenvalue weighted by Crippen LogP contribution is 2.25. The molecule has 28 heavy (non-hydrogen) atoms. The predicted octanol–water partition coefficient (Wildman–Crippen LogP) is 2.49. The van der Waals surface area contributed by atoms with Gasteiger partial charge in [-0.05, 0) is 50.0 Å². The van der Waals surface area contributed by atoms with Gasteiger partial charge in [-0.1, -0.05) is 6.07 Å². The van der Waals surface area contributed by atoms with Gasteiger partial charge in [-0.15, -0.1) is 0 Å². The van der Waals surface area contributed by atoms with Crippen molar-refractivity contribution in [2.45, 2.75) is 23.9 Å². The molecular formula is C19H28F3N3O2S. The second kappa shape index (κ2) is 8.59. The Kier molecular flexibility index (Phi) is 6.56. The van der Waals surface area contributed by atoms with Gasteiger partial charge in [0.05, 0.1) is 11.4 Å². The van der Waals surface area contributed by atoms with Crippen molar-refractivity contribution in [1.82, 2.24) is 9.80 Å². The topological polar surface area (TPSA) is 43.9 Å². The predicted molar refractivity (Wildman–Crippen MR) is 103 cm³/mol. The van der Waals surface area contributed by atoms with Crippen molar-refractivity contribution in [3.63, 3.8) is 0 Å². The minimum atomic E-state index is -4.11. The third-order valence-corrected chi connectivity index (χ3v) is 6.72. The summed E-state index contributed by atoms with van der Waals surface area (Å²) < 4.78 is 61.0.